The van der Waals surface area contributed by atoms with Gasteiger partial charge in [0.15, 0.2) is 0 Å². The van der Waals surface area contributed by atoms with Crippen LogP contribution in [0, 0.1) is 0 Å². The summed E-state index contributed by atoms with van der Waals surface area (Å²) >= 11 is 3.80. The highest BCUT2D eigenvalue weighted by molar-refractivity contribution is 9.26. The average Bonchev–Trinajstić information content (AvgIpc) is 3.95. The molecule has 8 nitrogen and oxygen atoms in total. The van der Waals surface area contributed by atoms with Crippen LogP contribution in [0.25, 0.3) is 20.4 Å². The lowest BCUT2D eigenvalue weighted by Crippen LogP contribution is -2.45. The number of benzene rings is 2. The van der Waals surface area contributed by atoms with Gasteiger partial charge in [-0.15, -0.1) is 22.7 Å². The maximum absolute atomic E-state index is 6.05. The van der Waals surface area contributed by atoms with Crippen molar-refractivity contribution < 1.29 is 26.6 Å². The van der Waals surface area contributed by atoms with Crippen molar-refractivity contribution in [1.82, 2.24) is 9.97 Å². The first kappa shape index (κ1) is 58.4. The molecule has 2 atom stereocenters. The third-order valence-corrected chi connectivity index (χ3v) is 27.1. The number of unbranched alkanes of at least 4 members (excludes halogenated alkanes) is 14. The van der Waals surface area contributed by atoms with Crippen LogP contribution >= 0.6 is 63.9 Å². The molecule has 4 rings (SSSR count). The van der Waals surface area contributed by atoms with Gasteiger partial charge in [0.05, 0.1) is 30.4 Å². The van der Waals surface area contributed by atoms with E-state index in [0.717, 1.165) is 47.5 Å². The number of nitrogens with zero attached hydrogens (tertiary/aromatic N) is 2. The van der Waals surface area contributed by atoms with Crippen LogP contribution in [0.4, 0.5) is 0 Å². The van der Waals surface area contributed by atoms with E-state index in [9.17, 15) is 0 Å². The molecule has 0 bridgehead atoms. The van der Waals surface area contributed by atoms with E-state index in [4.69, 9.17) is 36.5 Å². The second-order valence-corrected chi connectivity index (χ2v) is 30.5. The molecule has 0 aliphatic heterocycles. The molecule has 0 fully saturated rings. The number of thiazole rings is 2. The van der Waals surface area contributed by atoms with E-state index in [1.54, 1.807) is 0 Å². The van der Waals surface area contributed by atoms with Gasteiger partial charge in [0, 0.05) is 75.1 Å². The Morgan fingerprint density at radius 3 is 1.05 bits per heavy atom. The summed E-state index contributed by atoms with van der Waals surface area (Å²) in [7, 11) is 2.94. The molecule has 66 heavy (non-hydrogen) atoms. The number of para-hydroxylation sites is 2. The SMILES string of the molecule is CCO[Si](CCCCCCCCCCC(CSSSSCC(CCCCCCCCCC[Si](OCC)(OCC)OCC)c1nc2ccccc2s1)c1nc2ccccc2s1)(OCC)OCC. The zero-order valence-electron chi connectivity index (χ0n) is 41.4. The molecule has 2 unspecified atom stereocenters. The molecule has 0 saturated heterocycles. The molecule has 0 aliphatic rings. The van der Waals surface area contributed by atoms with Gasteiger partial charge in [0.1, 0.15) is 0 Å². The van der Waals surface area contributed by atoms with Gasteiger partial charge < -0.3 is 26.6 Å². The summed E-state index contributed by atoms with van der Waals surface area (Å²) in [5.74, 6) is 3.19. The fourth-order valence-corrected chi connectivity index (χ4v) is 22.9. The Hall–Kier alpha value is -0.186. The molecule has 0 amide bonds. The second-order valence-electron chi connectivity index (χ2n) is 16.8. The average molecular weight is 1060 g/mol. The van der Waals surface area contributed by atoms with Gasteiger partial charge >= 0.3 is 17.6 Å². The van der Waals surface area contributed by atoms with Crippen molar-refractivity contribution in [2.45, 2.75) is 181 Å². The summed E-state index contributed by atoms with van der Waals surface area (Å²) < 4.78 is 38.9. The molecule has 2 heterocycles. The lowest BCUT2D eigenvalue weighted by molar-refractivity contribution is 0.0698. The molecule has 0 radical (unpaired) electrons. The van der Waals surface area contributed by atoms with Crippen LogP contribution < -0.4 is 0 Å². The van der Waals surface area contributed by atoms with Crippen LogP contribution in [-0.4, -0.2) is 78.7 Å². The topological polar surface area (TPSA) is 81.2 Å². The van der Waals surface area contributed by atoms with Crippen molar-refractivity contribution in [3.05, 3.63) is 58.5 Å². The van der Waals surface area contributed by atoms with Gasteiger partial charge in [-0.05, 0) is 111 Å². The van der Waals surface area contributed by atoms with Crippen molar-refractivity contribution in [3.8, 4) is 0 Å². The smallest absolute Gasteiger partial charge is 0.374 e. The van der Waals surface area contributed by atoms with Gasteiger partial charge in [0.25, 0.3) is 0 Å². The highest BCUT2D eigenvalue weighted by atomic mass is 33.7. The zero-order chi connectivity index (χ0) is 47.0. The summed E-state index contributed by atoms with van der Waals surface area (Å²) in [5, 5.41) is 2.63. The number of aromatic nitrogens is 2. The van der Waals surface area contributed by atoms with Crippen molar-refractivity contribution in [2.75, 3.05) is 51.1 Å². The highest BCUT2D eigenvalue weighted by Crippen LogP contribution is 2.48. The maximum atomic E-state index is 6.05. The highest BCUT2D eigenvalue weighted by Gasteiger charge is 2.40. The largest absolute Gasteiger partial charge is 0.500 e. The lowest BCUT2D eigenvalue weighted by atomic mass is 10.0. The molecule has 0 N–H and O–H groups in total. The first-order chi connectivity index (χ1) is 32.4. The normalized spacial score (nSPS) is 13.4. The molecular formula is C50H84N2O6S6Si2. The Bertz CT molecular complexity index is 1580. The minimum Gasteiger partial charge on any atom is -0.374 e. The summed E-state index contributed by atoms with van der Waals surface area (Å²) in [5.41, 5.74) is 2.29. The Kier molecular flexibility index (Phi) is 31.7. The summed E-state index contributed by atoms with van der Waals surface area (Å²) in [6, 6.07) is 19.2. The van der Waals surface area contributed by atoms with Crippen molar-refractivity contribution in [1.29, 1.82) is 0 Å². The molecule has 0 spiro atoms. The van der Waals surface area contributed by atoms with Crippen LogP contribution in [0.2, 0.25) is 12.1 Å². The van der Waals surface area contributed by atoms with E-state index in [1.165, 1.54) is 122 Å². The summed E-state index contributed by atoms with van der Waals surface area (Å²) in [6.07, 6.45) is 22.7. The lowest BCUT2D eigenvalue weighted by Gasteiger charge is -2.28. The van der Waals surface area contributed by atoms with Gasteiger partial charge in [-0.1, -0.05) is 136 Å². The van der Waals surface area contributed by atoms with Gasteiger partial charge in [-0.2, -0.15) is 0 Å². The molecule has 2 aromatic carbocycles. The van der Waals surface area contributed by atoms with Crippen molar-refractivity contribution >= 4 is 102 Å². The molecule has 16 heteroatoms. The third-order valence-electron chi connectivity index (χ3n) is 11.7. The van der Waals surface area contributed by atoms with Crippen LogP contribution in [0.15, 0.2) is 48.5 Å². The monoisotopic (exact) mass is 1060 g/mol. The Morgan fingerprint density at radius 1 is 0.424 bits per heavy atom. The Morgan fingerprint density at radius 2 is 0.727 bits per heavy atom. The first-order valence-electron chi connectivity index (χ1n) is 25.6. The van der Waals surface area contributed by atoms with E-state index in [0.29, 0.717) is 51.5 Å². The molecule has 0 aliphatic carbocycles. The minimum atomic E-state index is -2.51. The van der Waals surface area contributed by atoms with E-state index >= 15 is 0 Å². The minimum absolute atomic E-state index is 0.494. The van der Waals surface area contributed by atoms with E-state index in [2.05, 4.69) is 48.5 Å². The van der Waals surface area contributed by atoms with E-state index < -0.39 is 17.6 Å². The maximum Gasteiger partial charge on any atom is 0.500 e. The van der Waals surface area contributed by atoms with Gasteiger partial charge in [-0.3, -0.25) is 0 Å². The van der Waals surface area contributed by atoms with E-state index in [1.807, 2.05) is 105 Å². The quantitative estimate of drug-likeness (QED) is 0.0241. The first-order valence-corrected chi connectivity index (χ1v) is 36.2. The van der Waals surface area contributed by atoms with Crippen molar-refractivity contribution in [2.24, 2.45) is 0 Å². The predicted molar refractivity (Wildman–Crippen MR) is 299 cm³/mol. The zero-order valence-corrected chi connectivity index (χ0v) is 48.3. The molecule has 0 saturated carbocycles. The molecule has 4 aromatic rings. The molecule has 2 aromatic heterocycles. The number of fused-ring (bicyclic) bond motifs is 2. The second kappa shape index (κ2) is 35.8. The number of rotatable bonds is 43. The standard InChI is InChI=1S/C50H84N2O6S6Si2/c1-7-53-65(54-8-2,55-9-3)39-31-23-19-15-13-17-21-25-33-43(49-51-45-35-27-29-37-47(45)61-49)41-59-63-64-60-42-44(50-52-46-36-28-30-38-48(46)62-50)34-26-22-18-14-16-20-24-32-40-66(56-10-4,57-11-5)58-12-6/h27-30,35-38,43-44H,7-26,31-34,39-42H2,1-6H3. The van der Waals surface area contributed by atoms with Gasteiger partial charge in [0.2, 0.25) is 0 Å². The summed E-state index contributed by atoms with van der Waals surface area (Å²) in [6.45, 7) is 16.2. The molecule has 374 valence electrons. The van der Waals surface area contributed by atoms with Crippen LogP contribution in [-0.2, 0) is 26.6 Å². The van der Waals surface area contributed by atoms with Crippen LogP contribution in [0.1, 0.15) is 179 Å². The Balaban J connectivity index is 1.15. The Labute approximate surface area is 426 Å². The van der Waals surface area contributed by atoms with Crippen LogP contribution in [0.3, 0.4) is 0 Å². The number of hydrogen-bond acceptors (Lipinski definition) is 14. The molecular weight excluding hydrogens is 973 g/mol. The number of hydrogen-bond donors (Lipinski definition) is 0. The fraction of sp³-hybridized carbons (Fsp3) is 0.720. The van der Waals surface area contributed by atoms with Crippen molar-refractivity contribution in [3.63, 3.8) is 0 Å². The fourth-order valence-electron chi connectivity index (χ4n) is 8.53. The predicted octanol–water partition coefficient (Wildman–Crippen LogP) is 17.6. The van der Waals surface area contributed by atoms with E-state index in [-0.39, 0.29) is 0 Å². The summed E-state index contributed by atoms with van der Waals surface area (Å²) in [4.78, 5) is 10.3. The van der Waals surface area contributed by atoms with Gasteiger partial charge in [-0.25, -0.2) is 9.97 Å². The van der Waals surface area contributed by atoms with Crippen LogP contribution in [0.5, 0.6) is 0 Å². The third kappa shape index (κ3) is 22.1.